The van der Waals surface area contributed by atoms with E-state index in [1.54, 1.807) is 0 Å². The van der Waals surface area contributed by atoms with Crippen molar-refractivity contribution in [2.45, 2.75) is 59.5 Å². The fraction of sp³-hybridized carbons (Fsp3) is 0.750. The summed E-state index contributed by atoms with van der Waals surface area (Å²) in [4.78, 5) is 9.11. The van der Waals surface area contributed by atoms with E-state index in [1.807, 2.05) is 14.0 Å². The number of nitrogens with zero attached hydrogens (tertiary/aromatic N) is 2. The number of aliphatic hydroxyl groups excluding tert-OH is 1. The summed E-state index contributed by atoms with van der Waals surface area (Å²) in [6, 6.07) is 0. The van der Waals surface area contributed by atoms with Crippen molar-refractivity contribution in [3.63, 3.8) is 0 Å². The molecule has 0 amide bonds. The van der Waals surface area contributed by atoms with Crippen LogP contribution in [0.5, 0.6) is 0 Å². The number of anilines is 2. The molecule has 0 fully saturated rings. The Morgan fingerprint density at radius 1 is 1.10 bits per heavy atom. The van der Waals surface area contributed by atoms with Crippen molar-refractivity contribution in [2.24, 2.45) is 5.92 Å². The van der Waals surface area contributed by atoms with E-state index in [1.165, 1.54) is 0 Å². The molecule has 1 aromatic heterocycles. The molecular formula is C16H30N4O. The smallest absolute Gasteiger partial charge is 0.135 e. The minimum atomic E-state index is -0.352. The van der Waals surface area contributed by atoms with Crippen molar-refractivity contribution in [2.75, 3.05) is 24.2 Å². The Hall–Kier alpha value is -1.36. The van der Waals surface area contributed by atoms with E-state index in [9.17, 15) is 5.11 Å². The van der Waals surface area contributed by atoms with E-state index in [4.69, 9.17) is 0 Å². The first kappa shape index (κ1) is 17.7. The highest BCUT2D eigenvalue weighted by atomic mass is 16.3. The maximum absolute atomic E-state index is 10.2. The lowest BCUT2D eigenvalue weighted by Crippen LogP contribution is -2.28. The molecule has 5 heteroatoms. The molecule has 0 aliphatic rings. The maximum atomic E-state index is 10.2. The van der Waals surface area contributed by atoms with Crippen LogP contribution in [-0.4, -0.2) is 34.8 Å². The van der Waals surface area contributed by atoms with Gasteiger partial charge in [-0.2, -0.15) is 0 Å². The average Bonchev–Trinajstić information content (AvgIpc) is 2.47. The molecule has 1 atom stereocenters. The Balaban J connectivity index is 2.89. The summed E-state index contributed by atoms with van der Waals surface area (Å²) >= 11 is 0. The summed E-state index contributed by atoms with van der Waals surface area (Å²) in [5.74, 6) is 3.05. The van der Waals surface area contributed by atoms with Gasteiger partial charge in [-0.15, -0.1) is 0 Å². The van der Waals surface area contributed by atoms with Gasteiger partial charge >= 0.3 is 0 Å². The van der Waals surface area contributed by atoms with Gasteiger partial charge in [0.1, 0.15) is 17.5 Å². The molecule has 1 unspecified atom stereocenters. The van der Waals surface area contributed by atoms with Gasteiger partial charge in [0.15, 0.2) is 0 Å². The topological polar surface area (TPSA) is 70.1 Å². The highest BCUT2D eigenvalue weighted by molar-refractivity contribution is 5.57. The summed E-state index contributed by atoms with van der Waals surface area (Å²) in [6.45, 7) is 10.9. The monoisotopic (exact) mass is 294 g/mol. The molecule has 0 aromatic carbocycles. The van der Waals surface area contributed by atoms with Crippen molar-refractivity contribution in [3.05, 3.63) is 11.4 Å². The van der Waals surface area contributed by atoms with Gasteiger partial charge in [0.25, 0.3) is 0 Å². The number of hydrogen-bond donors (Lipinski definition) is 3. The Labute approximate surface area is 128 Å². The van der Waals surface area contributed by atoms with Gasteiger partial charge in [0.2, 0.25) is 0 Å². The molecule has 120 valence electrons. The first-order chi connectivity index (χ1) is 9.94. The van der Waals surface area contributed by atoms with Gasteiger partial charge in [-0.05, 0) is 12.8 Å². The van der Waals surface area contributed by atoms with Crippen LogP contribution in [0.15, 0.2) is 0 Å². The zero-order chi connectivity index (χ0) is 16.0. The molecule has 0 saturated carbocycles. The lowest BCUT2D eigenvalue weighted by molar-refractivity contribution is 0.114. The second-order valence-electron chi connectivity index (χ2n) is 5.83. The summed E-state index contributed by atoms with van der Waals surface area (Å²) in [6.07, 6.45) is 1.62. The number of aromatic nitrogens is 2. The minimum absolute atomic E-state index is 0.266. The predicted octanol–water partition coefficient (Wildman–Crippen LogP) is 3.16. The standard InChI is InChI=1S/C16H30N4O/c1-7-12(8-2)13(21)9-18-16-11(5)15(17-6)19-14(20-16)10(3)4/h10,12-13,21H,7-9H2,1-6H3,(H2,17,18,19,20). The summed E-state index contributed by atoms with van der Waals surface area (Å²) in [5.41, 5.74) is 0.985. The fourth-order valence-electron chi connectivity index (χ4n) is 2.41. The van der Waals surface area contributed by atoms with E-state index in [-0.39, 0.29) is 12.0 Å². The molecule has 3 N–H and O–H groups in total. The molecule has 0 aliphatic heterocycles. The normalized spacial score (nSPS) is 12.8. The summed E-state index contributed by atoms with van der Waals surface area (Å²) in [5, 5.41) is 16.6. The van der Waals surface area contributed by atoms with Crippen LogP contribution in [0.2, 0.25) is 0 Å². The number of aliphatic hydroxyl groups is 1. The summed E-state index contributed by atoms with van der Waals surface area (Å²) in [7, 11) is 1.86. The largest absolute Gasteiger partial charge is 0.391 e. The number of nitrogens with one attached hydrogen (secondary N) is 2. The predicted molar refractivity (Wildman–Crippen MR) is 89.0 cm³/mol. The van der Waals surface area contributed by atoms with E-state index in [0.717, 1.165) is 35.9 Å². The molecule has 5 nitrogen and oxygen atoms in total. The molecule has 1 rings (SSSR count). The highest BCUT2D eigenvalue weighted by Gasteiger charge is 2.17. The van der Waals surface area contributed by atoms with Gasteiger partial charge in [-0.25, -0.2) is 9.97 Å². The number of rotatable bonds is 8. The Morgan fingerprint density at radius 3 is 2.14 bits per heavy atom. The van der Waals surface area contributed by atoms with Crippen LogP contribution in [0.25, 0.3) is 0 Å². The summed E-state index contributed by atoms with van der Waals surface area (Å²) < 4.78 is 0. The quantitative estimate of drug-likeness (QED) is 0.687. The van der Waals surface area contributed by atoms with Crippen molar-refractivity contribution >= 4 is 11.6 Å². The molecule has 1 aromatic rings. The Bertz CT molecular complexity index is 444. The molecule has 21 heavy (non-hydrogen) atoms. The van der Waals surface area contributed by atoms with Gasteiger partial charge in [-0.1, -0.05) is 40.5 Å². The van der Waals surface area contributed by atoms with Crippen LogP contribution >= 0.6 is 0 Å². The lowest BCUT2D eigenvalue weighted by atomic mass is 9.96. The van der Waals surface area contributed by atoms with Crippen molar-refractivity contribution in [1.82, 2.24) is 9.97 Å². The van der Waals surface area contributed by atoms with Crippen molar-refractivity contribution in [1.29, 1.82) is 0 Å². The van der Waals surface area contributed by atoms with E-state index < -0.39 is 0 Å². The van der Waals surface area contributed by atoms with Crippen LogP contribution in [0.4, 0.5) is 11.6 Å². The van der Waals surface area contributed by atoms with Crippen LogP contribution in [-0.2, 0) is 0 Å². The number of hydrogen-bond acceptors (Lipinski definition) is 5. The molecular weight excluding hydrogens is 264 g/mol. The second-order valence-corrected chi connectivity index (χ2v) is 5.83. The van der Waals surface area contributed by atoms with Crippen LogP contribution in [0.3, 0.4) is 0 Å². The Morgan fingerprint density at radius 2 is 1.67 bits per heavy atom. The lowest BCUT2D eigenvalue weighted by Gasteiger charge is -2.22. The third-order valence-corrected chi connectivity index (χ3v) is 3.99. The molecule has 0 aliphatic carbocycles. The molecule has 0 saturated heterocycles. The molecule has 0 bridgehead atoms. The molecule has 1 heterocycles. The SMILES string of the molecule is CCC(CC)C(O)CNc1nc(C(C)C)nc(NC)c1C. The van der Waals surface area contributed by atoms with E-state index >= 15 is 0 Å². The highest BCUT2D eigenvalue weighted by Crippen LogP contribution is 2.23. The fourth-order valence-corrected chi connectivity index (χ4v) is 2.41. The second kappa shape index (κ2) is 8.17. The first-order valence-electron chi connectivity index (χ1n) is 7.92. The zero-order valence-electron chi connectivity index (χ0n) is 14.2. The maximum Gasteiger partial charge on any atom is 0.135 e. The van der Waals surface area contributed by atoms with Gasteiger partial charge in [0, 0.05) is 25.1 Å². The van der Waals surface area contributed by atoms with Gasteiger partial charge in [-0.3, -0.25) is 0 Å². The van der Waals surface area contributed by atoms with Gasteiger partial charge < -0.3 is 15.7 Å². The van der Waals surface area contributed by atoms with Crippen LogP contribution in [0.1, 0.15) is 57.8 Å². The van der Waals surface area contributed by atoms with Crippen molar-refractivity contribution in [3.8, 4) is 0 Å². The molecule has 0 spiro atoms. The van der Waals surface area contributed by atoms with E-state index in [2.05, 4.69) is 48.3 Å². The van der Waals surface area contributed by atoms with Gasteiger partial charge in [0.05, 0.1) is 6.10 Å². The Kier molecular flexibility index (Phi) is 6.89. The van der Waals surface area contributed by atoms with E-state index in [0.29, 0.717) is 12.5 Å². The third kappa shape index (κ3) is 4.56. The molecule has 0 radical (unpaired) electrons. The third-order valence-electron chi connectivity index (χ3n) is 3.99. The average molecular weight is 294 g/mol. The van der Waals surface area contributed by atoms with Crippen LogP contribution < -0.4 is 10.6 Å². The van der Waals surface area contributed by atoms with Crippen LogP contribution in [0, 0.1) is 12.8 Å². The first-order valence-corrected chi connectivity index (χ1v) is 7.92. The van der Waals surface area contributed by atoms with Crippen molar-refractivity contribution < 1.29 is 5.11 Å². The minimum Gasteiger partial charge on any atom is -0.391 e. The zero-order valence-corrected chi connectivity index (χ0v) is 14.2.